The minimum Gasteiger partial charge on any atom is -0.326 e. The number of hydrogen-bond donors (Lipinski definition) is 1. The van der Waals surface area contributed by atoms with Crippen molar-refractivity contribution in [3.8, 4) is 0 Å². The maximum absolute atomic E-state index is 6.13. The third kappa shape index (κ3) is 2.69. The summed E-state index contributed by atoms with van der Waals surface area (Å²) in [7, 11) is 0. The normalized spacial score (nSPS) is 26.2. The maximum Gasteiger partial charge on any atom is 0.0452 e. The van der Waals surface area contributed by atoms with E-state index in [0.717, 1.165) is 35.2 Å². The van der Waals surface area contributed by atoms with Crippen LogP contribution in [0.1, 0.15) is 12.5 Å². The smallest absolute Gasteiger partial charge is 0.0452 e. The van der Waals surface area contributed by atoms with E-state index >= 15 is 0 Å². The van der Waals surface area contributed by atoms with Crippen LogP contribution in [0.2, 0.25) is 10.0 Å². The highest BCUT2D eigenvalue weighted by molar-refractivity contribution is 6.33. The molecule has 0 amide bonds. The van der Waals surface area contributed by atoms with Gasteiger partial charge in [0.2, 0.25) is 0 Å². The fourth-order valence-electron chi connectivity index (χ4n) is 2.13. The molecule has 0 saturated carbocycles. The molecule has 2 atom stereocenters. The van der Waals surface area contributed by atoms with Crippen molar-refractivity contribution in [3.05, 3.63) is 33.8 Å². The van der Waals surface area contributed by atoms with Gasteiger partial charge < -0.3 is 5.73 Å². The fourth-order valence-corrected chi connectivity index (χ4v) is 2.50. The van der Waals surface area contributed by atoms with E-state index in [4.69, 9.17) is 28.9 Å². The van der Waals surface area contributed by atoms with E-state index in [2.05, 4.69) is 11.8 Å². The van der Waals surface area contributed by atoms with Gasteiger partial charge in [-0.25, -0.2) is 0 Å². The van der Waals surface area contributed by atoms with Crippen molar-refractivity contribution in [1.29, 1.82) is 0 Å². The zero-order valence-corrected chi connectivity index (χ0v) is 10.8. The van der Waals surface area contributed by atoms with Gasteiger partial charge in [-0.2, -0.15) is 0 Å². The van der Waals surface area contributed by atoms with E-state index in [1.54, 1.807) is 0 Å². The average molecular weight is 259 g/mol. The predicted molar refractivity (Wildman–Crippen MR) is 68.9 cm³/mol. The number of nitrogens with zero attached hydrogens (tertiary/aromatic N) is 1. The van der Waals surface area contributed by atoms with E-state index in [0.29, 0.717) is 5.92 Å². The Labute approximate surface area is 106 Å². The number of halogens is 2. The highest BCUT2D eigenvalue weighted by Gasteiger charge is 2.26. The molecule has 1 heterocycles. The van der Waals surface area contributed by atoms with Crippen LogP contribution < -0.4 is 5.73 Å². The van der Waals surface area contributed by atoms with Gasteiger partial charge in [0.1, 0.15) is 0 Å². The standard InChI is InChI=1S/C12H16Cl2N2/c1-8-5-16(7-12(8)15)6-9-4-10(13)2-3-11(9)14/h2-4,8,12H,5-7,15H2,1H3. The molecule has 1 saturated heterocycles. The van der Waals surface area contributed by atoms with Crippen LogP contribution in [0.3, 0.4) is 0 Å². The molecular formula is C12H16Cl2N2. The maximum atomic E-state index is 6.13. The Kier molecular flexibility index (Phi) is 3.75. The second kappa shape index (κ2) is 4.92. The van der Waals surface area contributed by atoms with Gasteiger partial charge in [-0.3, -0.25) is 4.90 Å². The van der Waals surface area contributed by atoms with E-state index in [9.17, 15) is 0 Å². The van der Waals surface area contributed by atoms with E-state index in [1.165, 1.54) is 0 Å². The average Bonchev–Trinajstić information content (AvgIpc) is 2.52. The van der Waals surface area contributed by atoms with E-state index in [1.807, 2.05) is 18.2 Å². The van der Waals surface area contributed by atoms with Crippen molar-refractivity contribution in [2.24, 2.45) is 11.7 Å². The molecular weight excluding hydrogens is 243 g/mol. The Hall–Kier alpha value is -0.280. The highest BCUT2D eigenvalue weighted by atomic mass is 35.5. The molecule has 2 N–H and O–H groups in total. The van der Waals surface area contributed by atoms with Crippen LogP contribution in [0.4, 0.5) is 0 Å². The Morgan fingerprint density at radius 3 is 2.75 bits per heavy atom. The summed E-state index contributed by atoms with van der Waals surface area (Å²) in [6.07, 6.45) is 0. The second-order valence-corrected chi connectivity index (χ2v) is 5.41. The zero-order chi connectivity index (χ0) is 11.7. The van der Waals surface area contributed by atoms with Crippen LogP contribution >= 0.6 is 23.2 Å². The molecule has 16 heavy (non-hydrogen) atoms. The molecule has 4 heteroatoms. The van der Waals surface area contributed by atoms with Crippen molar-refractivity contribution in [1.82, 2.24) is 4.90 Å². The summed E-state index contributed by atoms with van der Waals surface area (Å²) in [5.74, 6) is 0.554. The molecule has 1 aromatic rings. The van der Waals surface area contributed by atoms with Crippen LogP contribution in [0.15, 0.2) is 18.2 Å². The molecule has 0 bridgehead atoms. The van der Waals surface area contributed by atoms with Crippen LogP contribution in [-0.2, 0) is 6.54 Å². The summed E-state index contributed by atoms with van der Waals surface area (Å²) in [5, 5.41) is 1.51. The monoisotopic (exact) mass is 258 g/mol. The summed E-state index contributed by atoms with van der Waals surface area (Å²) < 4.78 is 0. The summed E-state index contributed by atoms with van der Waals surface area (Å²) in [6, 6.07) is 5.86. The Balaban J connectivity index is 2.07. The van der Waals surface area contributed by atoms with Crippen molar-refractivity contribution in [2.45, 2.75) is 19.5 Å². The molecule has 88 valence electrons. The molecule has 1 aliphatic heterocycles. The van der Waals surface area contributed by atoms with Gasteiger partial charge in [0, 0.05) is 35.7 Å². The number of benzene rings is 1. The van der Waals surface area contributed by atoms with Gasteiger partial charge in [-0.05, 0) is 29.7 Å². The first-order valence-electron chi connectivity index (χ1n) is 5.48. The molecule has 2 unspecified atom stereocenters. The molecule has 0 aromatic heterocycles. The summed E-state index contributed by atoms with van der Waals surface area (Å²) in [5.41, 5.74) is 7.07. The van der Waals surface area contributed by atoms with Crippen LogP contribution in [0, 0.1) is 5.92 Å². The lowest BCUT2D eigenvalue weighted by Gasteiger charge is -2.16. The lowest BCUT2D eigenvalue weighted by molar-refractivity contribution is 0.319. The van der Waals surface area contributed by atoms with Crippen molar-refractivity contribution < 1.29 is 0 Å². The topological polar surface area (TPSA) is 29.3 Å². The highest BCUT2D eigenvalue weighted by Crippen LogP contribution is 2.24. The molecule has 0 aliphatic carbocycles. The largest absolute Gasteiger partial charge is 0.326 e. The summed E-state index contributed by atoms with van der Waals surface area (Å²) in [6.45, 7) is 4.98. The molecule has 2 rings (SSSR count). The number of nitrogens with two attached hydrogens (primary N) is 1. The quantitative estimate of drug-likeness (QED) is 0.884. The number of hydrogen-bond acceptors (Lipinski definition) is 2. The van der Waals surface area contributed by atoms with Crippen molar-refractivity contribution in [3.63, 3.8) is 0 Å². The van der Waals surface area contributed by atoms with Gasteiger partial charge in [0.05, 0.1) is 0 Å². The summed E-state index contributed by atoms with van der Waals surface area (Å²) >= 11 is 12.1. The van der Waals surface area contributed by atoms with Gasteiger partial charge in [-0.1, -0.05) is 30.1 Å². The molecule has 0 spiro atoms. The van der Waals surface area contributed by atoms with Gasteiger partial charge in [-0.15, -0.1) is 0 Å². The second-order valence-electron chi connectivity index (χ2n) is 4.57. The zero-order valence-electron chi connectivity index (χ0n) is 9.29. The van der Waals surface area contributed by atoms with Gasteiger partial charge in [0.15, 0.2) is 0 Å². The van der Waals surface area contributed by atoms with E-state index < -0.39 is 0 Å². The first-order valence-corrected chi connectivity index (χ1v) is 6.23. The van der Waals surface area contributed by atoms with Gasteiger partial charge in [0.25, 0.3) is 0 Å². The lowest BCUT2D eigenvalue weighted by atomic mass is 10.1. The minimum absolute atomic E-state index is 0.276. The van der Waals surface area contributed by atoms with Crippen LogP contribution in [0.25, 0.3) is 0 Å². The summed E-state index contributed by atoms with van der Waals surface area (Å²) in [4.78, 5) is 2.33. The number of rotatable bonds is 2. The van der Waals surface area contributed by atoms with Gasteiger partial charge >= 0.3 is 0 Å². The minimum atomic E-state index is 0.276. The molecule has 2 nitrogen and oxygen atoms in total. The molecule has 0 radical (unpaired) electrons. The van der Waals surface area contributed by atoms with Crippen molar-refractivity contribution in [2.75, 3.05) is 13.1 Å². The lowest BCUT2D eigenvalue weighted by Crippen LogP contribution is -2.28. The fraction of sp³-hybridized carbons (Fsp3) is 0.500. The number of likely N-dealkylation sites (tertiary alicyclic amines) is 1. The Bertz CT molecular complexity index is 371. The van der Waals surface area contributed by atoms with Crippen LogP contribution in [-0.4, -0.2) is 24.0 Å². The third-order valence-corrected chi connectivity index (χ3v) is 3.75. The molecule has 1 fully saturated rings. The van der Waals surface area contributed by atoms with Crippen molar-refractivity contribution >= 4 is 23.2 Å². The Morgan fingerprint density at radius 1 is 1.38 bits per heavy atom. The van der Waals surface area contributed by atoms with E-state index in [-0.39, 0.29) is 6.04 Å². The predicted octanol–water partition coefficient (Wildman–Crippen LogP) is 2.77. The first-order chi connectivity index (χ1) is 7.56. The van der Waals surface area contributed by atoms with Crippen LogP contribution in [0.5, 0.6) is 0 Å². The first kappa shape index (κ1) is 12.2. The molecule has 1 aliphatic rings. The third-order valence-electron chi connectivity index (χ3n) is 3.15. The Morgan fingerprint density at radius 2 is 2.12 bits per heavy atom. The molecule has 1 aromatic carbocycles. The SMILES string of the molecule is CC1CN(Cc2cc(Cl)ccc2Cl)CC1N.